The van der Waals surface area contributed by atoms with Gasteiger partial charge in [0, 0.05) is 11.6 Å². The molecule has 1 aromatic carbocycles. The van der Waals surface area contributed by atoms with E-state index in [2.05, 4.69) is 10.0 Å². The molecule has 0 heterocycles. The number of methoxy groups -OCH3 is 1. The Labute approximate surface area is 146 Å². The summed E-state index contributed by atoms with van der Waals surface area (Å²) in [4.78, 5) is 23.4. The number of rotatable bonds is 8. The Morgan fingerprint density at radius 1 is 1.28 bits per heavy atom. The molecule has 1 unspecified atom stereocenters. The molecule has 1 saturated carbocycles. The third-order valence-corrected chi connectivity index (χ3v) is 5.38. The highest BCUT2D eigenvalue weighted by Gasteiger charge is 2.31. The third-order valence-electron chi connectivity index (χ3n) is 3.83. The Balaban J connectivity index is 2.31. The van der Waals surface area contributed by atoms with Gasteiger partial charge in [-0.3, -0.25) is 4.79 Å². The van der Waals surface area contributed by atoms with Gasteiger partial charge in [-0.25, -0.2) is 17.9 Å². The molecule has 25 heavy (non-hydrogen) atoms. The number of aliphatic carboxylic acids is 1. The van der Waals surface area contributed by atoms with Gasteiger partial charge in [0.2, 0.25) is 10.0 Å². The van der Waals surface area contributed by atoms with E-state index in [1.54, 1.807) is 13.8 Å². The van der Waals surface area contributed by atoms with Gasteiger partial charge >= 0.3 is 5.97 Å². The molecule has 0 aromatic heterocycles. The SMILES string of the molecule is COc1ccc(C(=O)NC(C(=O)O)C(C)C)cc1S(=O)(=O)NC1CC1. The number of carboxylic acid groups (broad SMARTS) is 1. The summed E-state index contributed by atoms with van der Waals surface area (Å²) >= 11 is 0. The standard InChI is InChI=1S/C16H22N2O6S/c1-9(2)14(16(20)21)17-15(19)10-4-7-12(24-3)13(8-10)25(22,23)18-11-5-6-11/h4,7-9,11,14,18H,5-6H2,1-3H3,(H,17,19)(H,20,21). The van der Waals surface area contributed by atoms with Crippen LogP contribution in [0.25, 0.3) is 0 Å². The molecule has 1 amide bonds. The summed E-state index contributed by atoms with van der Waals surface area (Å²) < 4.78 is 32.5. The first kappa shape index (κ1) is 19.2. The van der Waals surface area contributed by atoms with Crippen LogP contribution < -0.4 is 14.8 Å². The van der Waals surface area contributed by atoms with Crippen LogP contribution in [-0.4, -0.2) is 44.6 Å². The Hall–Kier alpha value is -2.13. The molecule has 2 rings (SSSR count). The van der Waals surface area contributed by atoms with Crippen molar-refractivity contribution < 1.29 is 27.9 Å². The van der Waals surface area contributed by atoms with E-state index in [1.807, 2.05) is 0 Å². The summed E-state index contributed by atoms with van der Waals surface area (Å²) in [6.45, 7) is 3.34. The fourth-order valence-corrected chi connectivity index (χ4v) is 3.75. The highest BCUT2D eigenvalue weighted by atomic mass is 32.2. The average molecular weight is 370 g/mol. The predicted molar refractivity (Wildman–Crippen MR) is 90.1 cm³/mol. The number of amides is 1. The Kier molecular flexibility index (Phi) is 5.69. The highest BCUT2D eigenvalue weighted by Crippen LogP contribution is 2.28. The summed E-state index contributed by atoms with van der Waals surface area (Å²) in [5, 5.41) is 11.6. The molecule has 0 bridgehead atoms. The lowest BCUT2D eigenvalue weighted by atomic mass is 10.0. The molecule has 0 aliphatic heterocycles. The van der Waals surface area contributed by atoms with Crippen molar-refractivity contribution in [3.8, 4) is 5.75 Å². The molecular formula is C16H22N2O6S. The van der Waals surface area contributed by atoms with Crippen molar-refractivity contribution in [1.82, 2.24) is 10.0 Å². The quantitative estimate of drug-likeness (QED) is 0.627. The van der Waals surface area contributed by atoms with Crippen LogP contribution in [0.2, 0.25) is 0 Å². The fourth-order valence-electron chi connectivity index (χ4n) is 2.25. The molecule has 3 N–H and O–H groups in total. The predicted octanol–water partition coefficient (Wildman–Crippen LogP) is 0.975. The third kappa shape index (κ3) is 4.70. The molecule has 1 aliphatic rings. The molecule has 1 fully saturated rings. The van der Waals surface area contributed by atoms with E-state index in [-0.39, 0.29) is 28.2 Å². The second-order valence-corrected chi connectivity index (χ2v) is 7.98. The Bertz CT molecular complexity index is 771. The Morgan fingerprint density at radius 2 is 1.92 bits per heavy atom. The molecule has 0 spiro atoms. The van der Waals surface area contributed by atoms with Gasteiger partial charge in [0.1, 0.15) is 16.7 Å². The molecule has 0 saturated heterocycles. The van der Waals surface area contributed by atoms with Crippen LogP contribution in [-0.2, 0) is 14.8 Å². The van der Waals surface area contributed by atoms with Gasteiger partial charge in [0.15, 0.2) is 0 Å². The molecule has 8 nitrogen and oxygen atoms in total. The number of hydrogen-bond acceptors (Lipinski definition) is 5. The van der Waals surface area contributed by atoms with Gasteiger partial charge < -0.3 is 15.2 Å². The van der Waals surface area contributed by atoms with Crippen LogP contribution >= 0.6 is 0 Å². The summed E-state index contributed by atoms with van der Waals surface area (Å²) in [6, 6.07) is 2.80. The maximum Gasteiger partial charge on any atom is 0.326 e. The number of sulfonamides is 1. The van der Waals surface area contributed by atoms with Gasteiger partial charge in [-0.15, -0.1) is 0 Å². The number of ether oxygens (including phenoxy) is 1. The van der Waals surface area contributed by atoms with Crippen LogP contribution in [0.1, 0.15) is 37.0 Å². The number of benzene rings is 1. The summed E-state index contributed by atoms with van der Waals surface area (Å²) in [5.41, 5.74) is 0.0453. The van der Waals surface area contributed by atoms with Crippen molar-refractivity contribution in [2.75, 3.05) is 7.11 Å². The lowest BCUT2D eigenvalue weighted by Gasteiger charge is -2.18. The minimum Gasteiger partial charge on any atom is -0.495 e. The average Bonchev–Trinajstić information content (AvgIpc) is 3.34. The topological polar surface area (TPSA) is 122 Å². The van der Waals surface area contributed by atoms with Gasteiger partial charge in [-0.1, -0.05) is 13.8 Å². The maximum absolute atomic E-state index is 12.5. The van der Waals surface area contributed by atoms with Crippen LogP contribution in [0.4, 0.5) is 0 Å². The highest BCUT2D eigenvalue weighted by molar-refractivity contribution is 7.89. The lowest BCUT2D eigenvalue weighted by Crippen LogP contribution is -2.44. The van der Waals surface area contributed by atoms with Crippen LogP contribution in [0.15, 0.2) is 23.1 Å². The maximum atomic E-state index is 12.5. The zero-order valence-electron chi connectivity index (χ0n) is 14.3. The number of carbonyl (C=O) groups excluding carboxylic acids is 1. The number of hydrogen-bond donors (Lipinski definition) is 3. The van der Waals surface area contributed by atoms with E-state index in [9.17, 15) is 23.1 Å². The smallest absolute Gasteiger partial charge is 0.326 e. The van der Waals surface area contributed by atoms with Crippen molar-refractivity contribution in [2.24, 2.45) is 5.92 Å². The van der Waals surface area contributed by atoms with Crippen LogP contribution in [0.5, 0.6) is 5.75 Å². The normalized spacial score (nSPS) is 15.7. The molecule has 0 radical (unpaired) electrons. The summed E-state index contributed by atoms with van der Waals surface area (Å²) in [5.74, 6) is -2.02. The number of carboxylic acids is 1. The largest absolute Gasteiger partial charge is 0.495 e. The minimum atomic E-state index is -3.83. The van der Waals surface area contributed by atoms with Crippen molar-refractivity contribution in [3.63, 3.8) is 0 Å². The van der Waals surface area contributed by atoms with E-state index in [1.165, 1.54) is 25.3 Å². The van der Waals surface area contributed by atoms with Crippen molar-refractivity contribution >= 4 is 21.9 Å². The molecule has 138 valence electrons. The first-order valence-electron chi connectivity index (χ1n) is 7.89. The first-order chi connectivity index (χ1) is 11.7. The Morgan fingerprint density at radius 3 is 2.40 bits per heavy atom. The van der Waals surface area contributed by atoms with Crippen molar-refractivity contribution in [1.29, 1.82) is 0 Å². The van der Waals surface area contributed by atoms with E-state index in [0.717, 1.165) is 12.8 Å². The van der Waals surface area contributed by atoms with Gasteiger partial charge in [-0.2, -0.15) is 0 Å². The number of nitrogens with one attached hydrogen (secondary N) is 2. The van der Waals surface area contributed by atoms with E-state index < -0.39 is 27.9 Å². The number of carbonyl (C=O) groups is 2. The van der Waals surface area contributed by atoms with Crippen molar-refractivity contribution in [3.05, 3.63) is 23.8 Å². The lowest BCUT2D eigenvalue weighted by molar-refractivity contribution is -0.140. The summed E-state index contributed by atoms with van der Waals surface area (Å²) in [6.07, 6.45) is 1.55. The zero-order valence-corrected chi connectivity index (χ0v) is 15.1. The van der Waals surface area contributed by atoms with E-state index >= 15 is 0 Å². The van der Waals surface area contributed by atoms with E-state index in [4.69, 9.17) is 4.74 Å². The second-order valence-electron chi connectivity index (χ2n) is 6.29. The van der Waals surface area contributed by atoms with Crippen molar-refractivity contribution in [2.45, 2.75) is 43.7 Å². The summed E-state index contributed by atoms with van der Waals surface area (Å²) in [7, 11) is -2.49. The molecule has 1 aliphatic carbocycles. The monoisotopic (exact) mass is 370 g/mol. The molecular weight excluding hydrogens is 348 g/mol. The minimum absolute atomic E-state index is 0.0453. The van der Waals surface area contributed by atoms with Gasteiger partial charge in [0.25, 0.3) is 5.91 Å². The van der Waals surface area contributed by atoms with Gasteiger partial charge in [0.05, 0.1) is 7.11 Å². The second kappa shape index (κ2) is 7.40. The zero-order chi connectivity index (χ0) is 18.8. The van der Waals surface area contributed by atoms with Gasteiger partial charge in [-0.05, 0) is 37.0 Å². The molecule has 9 heteroatoms. The molecule has 1 atom stereocenters. The van der Waals surface area contributed by atoms with Crippen LogP contribution in [0, 0.1) is 5.92 Å². The first-order valence-corrected chi connectivity index (χ1v) is 9.38. The van der Waals surface area contributed by atoms with Crippen LogP contribution in [0.3, 0.4) is 0 Å². The van der Waals surface area contributed by atoms with E-state index in [0.29, 0.717) is 0 Å². The fraction of sp³-hybridized carbons (Fsp3) is 0.500. The molecule has 1 aromatic rings.